The first kappa shape index (κ1) is 12.2. The molecule has 92 valence electrons. The Kier molecular flexibility index (Phi) is 3.00. The molecule has 1 aliphatic heterocycles. The zero-order valence-electron chi connectivity index (χ0n) is 11.4. The molecule has 1 aromatic rings. The first-order chi connectivity index (χ1) is 7.95. The summed E-state index contributed by atoms with van der Waals surface area (Å²) in [5.74, 6) is 1.21. The fraction of sp³-hybridized carbons (Fsp3) is 0.467. The molecule has 1 fully saturated rings. The lowest BCUT2D eigenvalue weighted by Crippen LogP contribution is -2.42. The summed E-state index contributed by atoms with van der Waals surface area (Å²) in [6.45, 7) is 13.1. The summed E-state index contributed by atoms with van der Waals surface area (Å²) >= 11 is 0. The summed E-state index contributed by atoms with van der Waals surface area (Å²) < 4.78 is 0.846. The molecule has 0 amide bonds. The van der Waals surface area contributed by atoms with Crippen molar-refractivity contribution in [2.75, 3.05) is 20.1 Å². The molecule has 2 nitrogen and oxygen atoms in total. The summed E-state index contributed by atoms with van der Waals surface area (Å²) in [6.07, 6.45) is 0. The Labute approximate surface area is 105 Å². The van der Waals surface area contributed by atoms with Crippen LogP contribution in [-0.2, 0) is 0 Å². The molecule has 0 bridgehead atoms. The van der Waals surface area contributed by atoms with E-state index in [1.165, 1.54) is 17.1 Å². The van der Waals surface area contributed by atoms with Gasteiger partial charge in [0.2, 0.25) is 5.82 Å². The Bertz CT molecular complexity index is 419. The van der Waals surface area contributed by atoms with Gasteiger partial charge in [0.1, 0.15) is 12.2 Å². The van der Waals surface area contributed by atoms with Gasteiger partial charge >= 0.3 is 0 Å². The van der Waals surface area contributed by atoms with Gasteiger partial charge in [-0.05, 0) is 39.5 Å². The van der Waals surface area contributed by atoms with Gasteiger partial charge in [-0.1, -0.05) is 17.7 Å². The molecule has 0 aromatic heterocycles. The van der Waals surface area contributed by atoms with Crippen molar-refractivity contribution in [3.05, 3.63) is 42.2 Å². The van der Waals surface area contributed by atoms with Gasteiger partial charge in [0.15, 0.2) is 0 Å². The number of benzene rings is 1. The molecule has 2 rings (SSSR count). The first-order valence-corrected chi connectivity index (χ1v) is 6.34. The third-order valence-electron chi connectivity index (χ3n) is 3.92. The van der Waals surface area contributed by atoms with E-state index in [1.54, 1.807) is 0 Å². The quantitative estimate of drug-likeness (QED) is 0.707. The Morgan fingerprint density at radius 1 is 1.24 bits per heavy atom. The number of nitrogens with zero attached hydrogens (tertiary/aromatic N) is 2. The van der Waals surface area contributed by atoms with E-state index in [2.05, 4.69) is 63.6 Å². The van der Waals surface area contributed by atoms with E-state index in [9.17, 15) is 0 Å². The van der Waals surface area contributed by atoms with Crippen LogP contribution < -0.4 is 4.48 Å². The lowest BCUT2D eigenvalue weighted by Gasteiger charge is -2.31. The van der Waals surface area contributed by atoms with Gasteiger partial charge in [0, 0.05) is 6.04 Å². The van der Waals surface area contributed by atoms with Gasteiger partial charge in [0.25, 0.3) is 0 Å². The lowest BCUT2D eigenvalue weighted by atomic mass is 10.2. The maximum absolute atomic E-state index is 4.31. The van der Waals surface area contributed by atoms with Crippen molar-refractivity contribution in [1.29, 1.82) is 0 Å². The van der Waals surface area contributed by atoms with Crippen molar-refractivity contribution in [1.82, 2.24) is 9.38 Å². The van der Waals surface area contributed by atoms with Crippen molar-refractivity contribution in [3.63, 3.8) is 0 Å². The maximum atomic E-state index is 4.31. The highest BCUT2D eigenvalue weighted by molar-refractivity contribution is 5.48. The number of quaternary nitrogens is 1. The van der Waals surface area contributed by atoms with Crippen LogP contribution in [0.2, 0.25) is 0 Å². The van der Waals surface area contributed by atoms with Crippen LogP contribution in [-0.4, -0.2) is 31.1 Å². The molecule has 17 heavy (non-hydrogen) atoms. The molecular weight excluding hydrogens is 208 g/mol. The van der Waals surface area contributed by atoms with Crippen LogP contribution in [0.5, 0.6) is 0 Å². The number of aryl methyl sites for hydroxylation is 1. The smallest absolute Gasteiger partial charge is 0.201 e. The predicted octanol–water partition coefficient (Wildman–Crippen LogP) is 3.13. The second kappa shape index (κ2) is 4.19. The van der Waals surface area contributed by atoms with Gasteiger partial charge in [0.05, 0.1) is 13.6 Å². The normalized spacial score (nSPS) is 24.8. The van der Waals surface area contributed by atoms with Crippen LogP contribution in [0, 0.1) is 6.92 Å². The van der Waals surface area contributed by atoms with Gasteiger partial charge in [-0.15, -0.1) is 0 Å². The highest BCUT2D eigenvalue weighted by Gasteiger charge is 2.40. The molecule has 1 unspecified atom stereocenters. The van der Waals surface area contributed by atoms with Crippen LogP contribution in [0.3, 0.4) is 0 Å². The number of hydrogen-bond donors (Lipinski definition) is 0. The van der Waals surface area contributed by atoms with Gasteiger partial charge in [-0.2, -0.15) is 0 Å². The lowest BCUT2D eigenvalue weighted by molar-refractivity contribution is 0.307. The van der Waals surface area contributed by atoms with Gasteiger partial charge < -0.3 is 4.90 Å². The molecule has 1 aromatic carbocycles. The maximum Gasteiger partial charge on any atom is 0.201 e. The van der Waals surface area contributed by atoms with E-state index in [1.807, 2.05) is 0 Å². The fourth-order valence-corrected chi connectivity index (χ4v) is 2.56. The largest absolute Gasteiger partial charge is 0.320 e. The summed E-state index contributed by atoms with van der Waals surface area (Å²) in [6, 6.07) is 9.36. The summed E-state index contributed by atoms with van der Waals surface area (Å²) in [7, 11) is 2.26. The Balaban J connectivity index is 2.32. The van der Waals surface area contributed by atoms with E-state index in [-0.39, 0.29) is 0 Å². The van der Waals surface area contributed by atoms with Crippen LogP contribution in [0.25, 0.3) is 0 Å². The number of likely N-dealkylation sites (N-methyl/N-ethyl adjacent to an activating group) is 1. The average Bonchev–Trinajstić information content (AvgIpc) is 2.58. The SMILES string of the molecule is C=C1N(C(C)C)CC[N+]1(C)c1ccc(C)cc1. The highest BCUT2D eigenvalue weighted by Crippen LogP contribution is 2.33. The highest BCUT2D eigenvalue weighted by atomic mass is 15.5. The molecule has 0 N–H and O–H groups in total. The van der Waals surface area contributed by atoms with Crippen molar-refractivity contribution >= 4 is 5.69 Å². The third-order valence-corrected chi connectivity index (χ3v) is 3.92. The van der Waals surface area contributed by atoms with Gasteiger partial charge in [-0.25, -0.2) is 4.48 Å². The van der Waals surface area contributed by atoms with Crippen molar-refractivity contribution in [2.45, 2.75) is 26.8 Å². The second-order valence-electron chi connectivity index (χ2n) is 5.45. The second-order valence-corrected chi connectivity index (χ2v) is 5.45. The molecule has 2 heteroatoms. The van der Waals surface area contributed by atoms with E-state index in [0.29, 0.717) is 6.04 Å². The minimum atomic E-state index is 0.535. The van der Waals surface area contributed by atoms with Crippen LogP contribution in [0.1, 0.15) is 19.4 Å². The standard InChI is InChI=1S/C15H23N2/c1-12(2)16-10-11-17(5,14(16)4)15-8-6-13(3)7-9-15/h6-9,12H,4,10-11H2,1-3,5H3/q+1. The Morgan fingerprint density at radius 3 is 2.29 bits per heavy atom. The average molecular weight is 231 g/mol. The summed E-state index contributed by atoms with van der Waals surface area (Å²) in [4.78, 5) is 2.40. The molecule has 0 spiro atoms. The Morgan fingerprint density at radius 2 is 1.82 bits per heavy atom. The zero-order valence-corrected chi connectivity index (χ0v) is 11.4. The molecular formula is C15H23N2+. The fourth-order valence-electron chi connectivity index (χ4n) is 2.56. The van der Waals surface area contributed by atoms with Crippen LogP contribution in [0.15, 0.2) is 36.7 Å². The zero-order chi connectivity index (χ0) is 12.6. The molecule has 0 aliphatic carbocycles. The summed E-state index contributed by atoms with van der Waals surface area (Å²) in [5, 5.41) is 0. The van der Waals surface area contributed by atoms with E-state index >= 15 is 0 Å². The molecule has 0 saturated carbocycles. The predicted molar refractivity (Wildman–Crippen MR) is 74.7 cm³/mol. The molecule has 0 radical (unpaired) electrons. The third kappa shape index (κ3) is 1.98. The molecule has 1 saturated heterocycles. The van der Waals surface area contributed by atoms with Gasteiger partial charge in [-0.3, -0.25) is 0 Å². The monoisotopic (exact) mass is 231 g/mol. The minimum Gasteiger partial charge on any atom is -0.320 e. The topological polar surface area (TPSA) is 3.24 Å². The minimum absolute atomic E-state index is 0.535. The molecule has 1 aliphatic rings. The van der Waals surface area contributed by atoms with E-state index in [0.717, 1.165) is 17.6 Å². The van der Waals surface area contributed by atoms with E-state index in [4.69, 9.17) is 0 Å². The number of hydrogen-bond acceptors (Lipinski definition) is 1. The summed E-state index contributed by atoms with van der Waals surface area (Å²) in [5.41, 5.74) is 2.65. The Hall–Kier alpha value is -1.28. The molecule has 1 heterocycles. The van der Waals surface area contributed by atoms with E-state index < -0.39 is 0 Å². The van der Waals surface area contributed by atoms with Crippen LogP contribution >= 0.6 is 0 Å². The van der Waals surface area contributed by atoms with Crippen LogP contribution in [0.4, 0.5) is 5.69 Å². The number of rotatable bonds is 2. The van der Waals surface area contributed by atoms with Crippen molar-refractivity contribution in [2.24, 2.45) is 0 Å². The van der Waals surface area contributed by atoms with Crippen molar-refractivity contribution < 1.29 is 0 Å². The molecule has 1 atom stereocenters. The first-order valence-electron chi connectivity index (χ1n) is 6.34. The van der Waals surface area contributed by atoms with Crippen molar-refractivity contribution in [3.8, 4) is 0 Å².